The summed E-state index contributed by atoms with van der Waals surface area (Å²) in [5.74, 6) is 0.0927. The number of hydrogen-bond acceptors (Lipinski definition) is 4. The second kappa shape index (κ2) is 6.02. The molecular formula is C14H22N4O. The predicted octanol–water partition coefficient (Wildman–Crippen LogP) is 1.29. The molecule has 104 valence electrons. The molecule has 1 fully saturated rings. The highest BCUT2D eigenvalue weighted by Crippen LogP contribution is 2.17. The maximum atomic E-state index is 12.5. The standard InChI is InChI=1S/C14H22N4O/c1-11(2)17-6-8-18(9-7-17)14(19)12-4-5-16-10-13(12)15-3/h4-5,10-11,15H,6-9H2,1-3H3. The Balaban J connectivity index is 2.05. The molecule has 5 heteroatoms. The summed E-state index contributed by atoms with van der Waals surface area (Å²) in [5, 5.41) is 3.02. The quantitative estimate of drug-likeness (QED) is 0.891. The second-order valence-electron chi connectivity index (χ2n) is 5.09. The Morgan fingerprint density at radius 3 is 2.58 bits per heavy atom. The summed E-state index contributed by atoms with van der Waals surface area (Å²) in [6.07, 6.45) is 3.36. The van der Waals surface area contributed by atoms with Crippen LogP contribution in [0.5, 0.6) is 0 Å². The van der Waals surface area contributed by atoms with Gasteiger partial charge in [-0.05, 0) is 19.9 Å². The van der Waals surface area contributed by atoms with Crippen molar-refractivity contribution in [2.75, 3.05) is 38.5 Å². The van der Waals surface area contributed by atoms with Gasteiger partial charge in [0, 0.05) is 45.5 Å². The van der Waals surface area contributed by atoms with Crippen LogP contribution in [-0.2, 0) is 0 Å². The van der Waals surface area contributed by atoms with Crippen LogP contribution in [0.25, 0.3) is 0 Å². The Morgan fingerprint density at radius 1 is 1.32 bits per heavy atom. The van der Waals surface area contributed by atoms with Crippen LogP contribution in [0.15, 0.2) is 18.5 Å². The van der Waals surface area contributed by atoms with Crippen LogP contribution in [-0.4, -0.2) is 60.0 Å². The molecule has 0 saturated carbocycles. The molecule has 1 N–H and O–H groups in total. The highest BCUT2D eigenvalue weighted by Gasteiger charge is 2.24. The van der Waals surface area contributed by atoms with E-state index >= 15 is 0 Å². The van der Waals surface area contributed by atoms with E-state index in [4.69, 9.17) is 0 Å². The molecule has 0 atom stereocenters. The number of nitrogens with zero attached hydrogens (tertiary/aromatic N) is 3. The van der Waals surface area contributed by atoms with E-state index in [2.05, 4.69) is 29.0 Å². The number of carbonyl (C=O) groups is 1. The van der Waals surface area contributed by atoms with E-state index in [-0.39, 0.29) is 5.91 Å². The highest BCUT2D eigenvalue weighted by molar-refractivity contribution is 5.99. The van der Waals surface area contributed by atoms with E-state index < -0.39 is 0 Å². The van der Waals surface area contributed by atoms with E-state index in [0.29, 0.717) is 11.6 Å². The maximum absolute atomic E-state index is 12.5. The fourth-order valence-corrected chi connectivity index (χ4v) is 2.39. The molecular weight excluding hydrogens is 240 g/mol. The molecule has 2 heterocycles. The first kappa shape index (κ1) is 13.8. The monoisotopic (exact) mass is 262 g/mol. The Bertz CT molecular complexity index is 439. The summed E-state index contributed by atoms with van der Waals surface area (Å²) >= 11 is 0. The molecule has 1 aromatic heterocycles. The summed E-state index contributed by atoms with van der Waals surface area (Å²) < 4.78 is 0. The Labute approximate surface area is 114 Å². The largest absolute Gasteiger partial charge is 0.386 e. The number of amides is 1. The molecule has 1 aromatic rings. The Kier molecular flexibility index (Phi) is 4.37. The predicted molar refractivity (Wildman–Crippen MR) is 76.4 cm³/mol. The Hall–Kier alpha value is -1.62. The van der Waals surface area contributed by atoms with E-state index in [1.54, 1.807) is 18.5 Å². The summed E-state index contributed by atoms with van der Waals surface area (Å²) in [5.41, 5.74) is 1.49. The minimum atomic E-state index is 0.0927. The fraction of sp³-hybridized carbons (Fsp3) is 0.571. The minimum Gasteiger partial charge on any atom is -0.386 e. The van der Waals surface area contributed by atoms with Gasteiger partial charge in [0.05, 0.1) is 17.4 Å². The molecule has 1 aliphatic rings. The SMILES string of the molecule is CNc1cnccc1C(=O)N1CCN(C(C)C)CC1. The number of anilines is 1. The topological polar surface area (TPSA) is 48.5 Å². The molecule has 1 aliphatic heterocycles. The number of nitrogens with one attached hydrogen (secondary N) is 1. The van der Waals surface area contributed by atoms with Crippen LogP contribution >= 0.6 is 0 Å². The van der Waals surface area contributed by atoms with Gasteiger partial charge in [0.15, 0.2) is 0 Å². The van der Waals surface area contributed by atoms with Gasteiger partial charge in [0.2, 0.25) is 0 Å². The molecule has 0 unspecified atom stereocenters. The first-order valence-electron chi connectivity index (χ1n) is 6.78. The number of pyridine rings is 1. The van der Waals surface area contributed by atoms with Crippen LogP contribution in [0.4, 0.5) is 5.69 Å². The summed E-state index contributed by atoms with van der Waals surface area (Å²) in [6.45, 7) is 7.87. The van der Waals surface area contributed by atoms with E-state index in [1.165, 1.54) is 0 Å². The van der Waals surface area contributed by atoms with E-state index in [9.17, 15) is 4.79 Å². The van der Waals surface area contributed by atoms with Crippen LogP contribution in [0.1, 0.15) is 24.2 Å². The molecule has 0 aliphatic carbocycles. The van der Waals surface area contributed by atoms with Crippen molar-refractivity contribution in [2.45, 2.75) is 19.9 Å². The maximum Gasteiger partial charge on any atom is 0.256 e. The van der Waals surface area contributed by atoms with Crippen molar-refractivity contribution in [3.8, 4) is 0 Å². The van der Waals surface area contributed by atoms with Gasteiger partial charge in [0.1, 0.15) is 0 Å². The van der Waals surface area contributed by atoms with Gasteiger partial charge >= 0.3 is 0 Å². The van der Waals surface area contributed by atoms with Gasteiger partial charge in [-0.25, -0.2) is 0 Å². The number of aromatic nitrogens is 1. The van der Waals surface area contributed by atoms with E-state index in [0.717, 1.165) is 31.9 Å². The summed E-state index contributed by atoms with van der Waals surface area (Å²) in [6, 6.07) is 2.33. The zero-order chi connectivity index (χ0) is 13.8. The lowest BCUT2D eigenvalue weighted by molar-refractivity contribution is 0.0596. The summed E-state index contributed by atoms with van der Waals surface area (Å²) in [7, 11) is 1.81. The van der Waals surface area contributed by atoms with Gasteiger partial charge in [-0.3, -0.25) is 14.7 Å². The summed E-state index contributed by atoms with van der Waals surface area (Å²) in [4.78, 5) is 20.9. The average molecular weight is 262 g/mol. The third kappa shape index (κ3) is 3.04. The molecule has 0 bridgehead atoms. The number of piperazine rings is 1. The van der Waals surface area contributed by atoms with Crippen molar-refractivity contribution in [3.63, 3.8) is 0 Å². The molecule has 19 heavy (non-hydrogen) atoms. The van der Waals surface area contributed by atoms with Crippen LogP contribution in [0.3, 0.4) is 0 Å². The average Bonchev–Trinajstić information content (AvgIpc) is 2.46. The molecule has 2 rings (SSSR count). The lowest BCUT2D eigenvalue weighted by Crippen LogP contribution is -2.50. The van der Waals surface area contributed by atoms with Crippen molar-refractivity contribution in [1.82, 2.24) is 14.8 Å². The van der Waals surface area contributed by atoms with Crippen molar-refractivity contribution < 1.29 is 4.79 Å². The van der Waals surface area contributed by atoms with Gasteiger partial charge in [0.25, 0.3) is 5.91 Å². The second-order valence-corrected chi connectivity index (χ2v) is 5.09. The van der Waals surface area contributed by atoms with Gasteiger partial charge in [-0.2, -0.15) is 0 Å². The first-order chi connectivity index (χ1) is 9.13. The first-order valence-corrected chi connectivity index (χ1v) is 6.78. The van der Waals surface area contributed by atoms with Crippen molar-refractivity contribution in [2.24, 2.45) is 0 Å². The Morgan fingerprint density at radius 2 is 2.00 bits per heavy atom. The molecule has 0 aromatic carbocycles. The molecule has 0 spiro atoms. The zero-order valence-electron chi connectivity index (χ0n) is 11.9. The van der Waals surface area contributed by atoms with Crippen molar-refractivity contribution in [1.29, 1.82) is 0 Å². The van der Waals surface area contributed by atoms with Gasteiger partial charge in [-0.15, -0.1) is 0 Å². The molecule has 1 amide bonds. The van der Waals surface area contributed by atoms with Gasteiger partial charge in [-0.1, -0.05) is 0 Å². The highest BCUT2D eigenvalue weighted by atomic mass is 16.2. The number of hydrogen-bond donors (Lipinski definition) is 1. The zero-order valence-corrected chi connectivity index (χ0v) is 11.9. The van der Waals surface area contributed by atoms with Crippen LogP contribution in [0.2, 0.25) is 0 Å². The molecule has 5 nitrogen and oxygen atoms in total. The van der Waals surface area contributed by atoms with E-state index in [1.807, 2.05) is 11.9 Å². The number of carbonyl (C=O) groups excluding carboxylic acids is 1. The van der Waals surface area contributed by atoms with Crippen molar-refractivity contribution in [3.05, 3.63) is 24.0 Å². The lowest BCUT2D eigenvalue weighted by atomic mass is 10.1. The number of rotatable bonds is 3. The third-order valence-corrected chi connectivity index (χ3v) is 3.65. The fourth-order valence-electron chi connectivity index (χ4n) is 2.39. The van der Waals surface area contributed by atoms with Crippen LogP contribution in [0, 0.1) is 0 Å². The smallest absolute Gasteiger partial charge is 0.256 e. The molecule has 1 saturated heterocycles. The van der Waals surface area contributed by atoms with Crippen LogP contribution < -0.4 is 5.32 Å². The minimum absolute atomic E-state index is 0.0927. The normalized spacial score (nSPS) is 16.7. The van der Waals surface area contributed by atoms with Gasteiger partial charge < -0.3 is 10.2 Å². The third-order valence-electron chi connectivity index (χ3n) is 3.65. The lowest BCUT2D eigenvalue weighted by Gasteiger charge is -2.37. The molecule has 0 radical (unpaired) electrons. The van der Waals surface area contributed by atoms with Crippen molar-refractivity contribution >= 4 is 11.6 Å².